The molecule has 1 saturated carbocycles. The van der Waals surface area contributed by atoms with Gasteiger partial charge in [0.25, 0.3) is 0 Å². The van der Waals surface area contributed by atoms with Crippen molar-refractivity contribution in [3.8, 4) is 5.75 Å². The molecular formula is C17H14F4N2O4. The van der Waals surface area contributed by atoms with E-state index in [1.165, 1.54) is 24.3 Å². The van der Waals surface area contributed by atoms with Crippen LogP contribution >= 0.6 is 0 Å². The molecule has 0 saturated heterocycles. The van der Waals surface area contributed by atoms with Gasteiger partial charge in [-0.1, -0.05) is 23.9 Å². The molecule has 3 rings (SSSR count). The van der Waals surface area contributed by atoms with Crippen LogP contribution in [-0.4, -0.2) is 33.8 Å². The molecule has 10 heteroatoms. The first kappa shape index (κ1) is 18.9. The molecule has 0 atom stereocenters. The number of halogens is 4. The van der Waals surface area contributed by atoms with E-state index in [0.717, 1.165) is 0 Å². The summed E-state index contributed by atoms with van der Waals surface area (Å²) in [5, 5.41) is 12.7. The monoisotopic (exact) mass is 386 g/mol. The zero-order chi connectivity index (χ0) is 19.8. The lowest BCUT2D eigenvalue weighted by Crippen LogP contribution is -2.33. The van der Waals surface area contributed by atoms with Crippen LogP contribution in [0.3, 0.4) is 0 Å². The van der Waals surface area contributed by atoms with Crippen molar-refractivity contribution in [2.24, 2.45) is 0 Å². The van der Waals surface area contributed by atoms with Gasteiger partial charge < -0.3 is 14.4 Å². The Balaban J connectivity index is 1.76. The van der Waals surface area contributed by atoms with E-state index in [4.69, 9.17) is 9.63 Å². The molecule has 1 aromatic carbocycles. The minimum absolute atomic E-state index is 0.0974. The van der Waals surface area contributed by atoms with Gasteiger partial charge >= 0.3 is 18.5 Å². The van der Waals surface area contributed by atoms with E-state index in [1.807, 2.05) is 0 Å². The fraction of sp³-hybridized carbons (Fsp3) is 0.353. The highest BCUT2D eigenvalue weighted by molar-refractivity contribution is 5.86. The predicted octanol–water partition coefficient (Wildman–Crippen LogP) is 3.57. The Morgan fingerprint density at radius 3 is 2.48 bits per heavy atom. The van der Waals surface area contributed by atoms with Crippen LogP contribution in [0.5, 0.6) is 5.75 Å². The van der Waals surface area contributed by atoms with Crippen LogP contribution in [-0.2, 0) is 16.6 Å². The van der Waals surface area contributed by atoms with E-state index in [1.54, 1.807) is 0 Å². The summed E-state index contributed by atoms with van der Waals surface area (Å²) in [6.45, 7) is 3.39. The number of hydrogen-bond acceptors (Lipinski definition) is 5. The first-order valence-electron chi connectivity index (χ1n) is 7.84. The lowest BCUT2D eigenvalue weighted by atomic mass is 9.95. The molecule has 0 aliphatic heterocycles. The highest BCUT2D eigenvalue weighted by atomic mass is 19.3. The second kappa shape index (κ2) is 6.67. The third-order valence-electron chi connectivity index (χ3n) is 4.23. The lowest BCUT2D eigenvalue weighted by Gasteiger charge is -2.17. The summed E-state index contributed by atoms with van der Waals surface area (Å²) in [6.07, 6.45) is -7.29. The normalized spacial score (nSPS) is 15.6. The largest absolute Gasteiger partial charge is 0.478 e. The standard InChI is InChI=1S/C17H14F4N2O4/c1-9(13(24)25)8-12-22-15(23-27-12)16(6-7-16)10-2-4-11(5-3-10)26-17(20,21)14(18)19/h2-5,14H,1,6-8H2,(H,24,25). The van der Waals surface area contributed by atoms with Crippen LogP contribution in [0.15, 0.2) is 40.9 Å². The maximum atomic E-state index is 13.0. The summed E-state index contributed by atoms with van der Waals surface area (Å²) in [7, 11) is 0. The van der Waals surface area contributed by atoms with Crippen molar-refractivity contribution in [2.45, 2.75) is 37.2 Å². The second-order valence-electron chi connectivity index (χ2n) is 6.17. The number of aromatic nitrogens is 2. The van der Waals surface area contributed by atoms with Gasteiger partial charge in [-0.2, -0.15) is 22.5 Å². The third-order valence-corrected chi connectivity index (χ3v) is 4.23. The Morgan fingerprint density at radius 2 is 1.96 bits per heavy atom. The van der Waals surface area contributed by atoms with Gasteiger partial charge in [0.2, 0.25) is 5.89 Å². The molecule has 0 spiro atoms. The first-order chi connectivity index (χ1) is 12.6. The number of hydrogen-bond donors (Lipinski definition) is 1. The van der Waals surface area contributed by atoms with Crippen molar-refractivity contribution in [2.75, 3.05) is 0 Å². The highest BCUT2D eigenvalue weighted by Crippen LogP contribution is 2.52. The number of carboxylic acid groups (broad SMARTS) is 1. The van der Waals surface area contributed by atoms with Crippen molar-refractivity contribution in [3.63, 3.8) is 0 Å². The van der Waals surface area contributed by atoms with Gasteiger partial charge in [-0.05, 0) is 30.5 Å². The van der Waals surface area contributed by atoms with Gasteiger partial charge in [0, 0.05) is 5.57 Å². The van der Waals surface area contributed by atoms with E-state index in [0.29, 0.717) is 24.2 Å². The van der Waals surface area contributed by atoms with E-state index in [2.05, 4.69) is 21.5 Å². The number of carboxylic acids is 1. The summed E-state index contributed by atoms with van der Waals surface area (Å²) in [5.41, 5.74) is -0.00748. The van der Waals surface area contributed by atoms with Crippen molar-refractivity contribution in [1.82, 2.24) is 10.1 Å². The highest BCUT2D eigenvalue weighted by Gasteiger charge is 2.50. The summed E-state index contributed by atoms with van der Waals surface area (Å²) in [5.74, 6) is -1.14. The zero-order valence-corrected chi connectivity index (χ0v) is 13.8. The van der Waals surface area contributed by atoms with E-state index in [9.17, 15) is 22.4 Å². The predicted molar refractivity (Wildman–Crippen MR) is 82.8 cm³/mol. The summed E-state index contributed by atoms with van der Waals surface area (Å²) in [4.78, 5) is 15.0. The summed E-state index contributed by atoms with van der Waals surface area (Å²) in [6, 6.07) is 5.27. The number of ether oxygens (including phenoxy) is 1. The average molecular weight is 386 g/mol. The molecule has 1 fully saturated rings. The Labute approximate surface area is 150 Å². The van der Waals surface area contributed by atoms with Crippen molar-refractivity contribution in [1.29, 1.82) is 0 Å². The van der Waals surface area contributed by atoms with Crippen molar-refractivity contribution in [3.05, 3.63) is 53.7 Å². The molecule has 1 heterocycles. The summed E-state index contributed by atoms with van der Waals surface area (Å²) < 4.78 is 59.4. The average Bonchev–Trinajstić information content (AvgIpc) is 3.28. The molecule has 6 nitrogen and oxygen atoms in total. The van der Waals surface area contributed by atoms with Crippen LogP contribution < -0.4 is 4.74 Å². The molecule has 144 valence electrons. The number of aliphatic carboxylic acids is 1. The van der Waals surface area contributed by atoms with Crippen LogP contribution in [0.1, 0.15) is 30.1 Å². The molecule has 1 aliphatic rings. The van der Waals surface area contributed by atoms with Crippen LogP contribution in [0, 0.1) is 0 Å². The van der Waals surface area contributed by atoms with Gasteiger partial charge in [-0.3, -0.25) is 0 Å². The van der Waals surface area contributed by atoms with E-state index >= 15 is 0 Å². The summed E-state index contributed by atoms with van der Waals surface area (Å²) >= 11 is 0. The topological polar surface area (TPSA) is 85.5 Å². The van der Waals surface area contributed by atoms with Gasteiger partial charge in [0.1, 0.15) is 5.75 Å². The maximum Gasteiger partial charge on any atom is 0.461 e. The molecule has 0 unspecified atom stereocenters. The molecular weight excluding hydrogens is 372 g/mol. The molecule has 1 N–H and O–H groups in total. The Kier molecular flexibility index (Phi) is 4.66. The van der Waals surface area contributed by atoms with E-state index < -0.39 is 29.7 Å². The Hall–Kier alpha value is -2.91. The van der Waals surface area contributed by atoms with Crippen molar-refractivity contribution >= 4 is 5.97 Å². The quantitative estimate of drug-likeness (QED) is 0.552. The molecule has 1 aromatic heterocycles. The number of alkyl halides is 4. The molecule has 2 aromatic rings. The van der Waals surface area contributed by atoms with Crippen LogP contribution in [0.4, 0.5) is 17.6 Å². The second-order valence-corrected chi connectivity index (χ2v) is 6.17. The van der Waals surface area contributed by atoms with Crippen LogP contribution in [0.2, 0.25) is 0 Å². The fourth-order valence-electron chi connectivity index (χ4n) is 2.59. The fourth-order valence-corrected chi connectivity index (χ4v) is 2.59. The molecule has 27 heavy (non-hydrogen) atoms. The Morgan fingerprint density at radius 1 is 1.33 bits per heavy atom. The number of rotatable bonds is 8. The number of nitrogens with zero attached hydrogens (tertiary/aromatic N) is 2. The maximum absolute atomic E-state index is 13.0. The van der Waals surface area contributed by atoms with Crippen LogP contribution in [0.25, 0.3) is 0 Å². The van der Waals surface area contributed by atoms with Gasteiger partial charge in [-0.15, -0.1) is 0 Å². The van der Waals surface area contributed by atoms with Gasteiger partial charge in [0.05, 0.1) is 11.8 Å². The molecule has 0 bridgehead atoms. The number of carbonyl (C=O) groups is 1. The SMILES string of the molecule is C=C(Cc1nc(C2(c3ccc(OC(F)(F)C(F)F)cc3)CC2)no1)C(=O)O. The van der Waals surface area contributed by atoms with Gasteiger partial charge in [0.15, 0.2) is 5.82 Å². The minimum atomic E-state index is -4.58. The van der Waals surface area contributed by atoms with Gasteiger partial charge in [-0.25, -0.2) is 4.79 Å². The Bertz CT molecular complexity index is 860. The smallest absolute Gasteiger partial charge is 0.461 e. The first-order valence-corrected chi connectivity index (χ1v) is 7.84. The molecule has 0 radical (unpaired) electrons. The minimum Gasteiger partial charge on any atom is -0.478 e. The van der Waals surface area contributed by atoms with Crippen molar-refractivity contribution < 1.29 is 36.7 Å². The lowest BCUT2D eigenvalue weighted by molar-refractivity contribution is -0.253. The van der Waals surface area contributed by atoms with E-state index in [-0.39, 0.29) is 17.9 Å². The molecule has 1 aliphatic carbocycles. The molecule has 0 amide bonds. The number of benzene rings is 1. The zero-order valence-electron chi connectivity index (χ0n) is 13.8. The third kappa shape index (κ3) is 3.79.